The molecule has 0 fully saturated rings. The molecule has 0 radical (unpaired) electrons. The summed E-state index contributed by atoms with van der Waals surface area (Å²) >= 11 is 0. The van der Waals surface area contributed by atoms with Crippen molar-refractivity contribution in [1.29, 1.82) is 0 Å². The molecule has 0 saturated carbocycles. The molecule has 0 saturated heterocycles. The lowest BCUT2D eigenvalue weighted by Gasteiger charge is -2.12. The highest BCUT2D eigenvalue weighted by atomic mass is 16.5. The van der Waals surface area contributed by atoms with Crippen LogP contribution in [0.5, 0.6) is 11.5 Å². The van der Waals surface area contributed by atoms with Crippen molar-refractivity contribution in [2.45, 2.75) is 20.3 Å². The van der Waals surface area contributed by atoms with Gasteiger partial charge in [-0.3, -0.25) is 4.79 Å². The summed E-state index contributed by atoms with van der Waals surface area (Å²) in [6.07, 6.45) is 4.20. The Labute approximate surface area is 143 Å². The summed E-state index contributed by atoms with van der Waals surface area (Å²) in [5.41, 5.74) is 1.65. The maximum Gasteiger partial charge on any atom is 0.248 e. The van der Waals surface area contributed by atoms with E-state index in [1.165, 1.54) is 6.08 Å². The fourth-order valence-electron chi connectivity index (χ4n) is 2.11. The van der Waals surface area contributed by atoms with Gasteiger partial charge in [0, 0.05) is 11.8 Å². The van der Waals surface area contributed by atoms with E-state index in [4.69, 9.17) is 9.47 Å². The molecule has 2 rings (SSSR count). The summed E-state index contributed by atoms with van der Waals surface area (Å²) < 4.78 is 11.3. The van der Waals surface area contributed by atoms with Gasteiger partial charge in [-0.15, -0.1) is 0 Å². The maximum atomic E-state index is 12.0. The molecule has 4 nitrogen and oxygen atoms in total. The average molecular weight is 325 g/mol. The molecule has 0 aliphatic heterocycles. The third-order valence-electron chi connectivity index (χ3n) is 3.20. The van der Waals surface area contributed by atoms with Crippen LogP contribution in [0.2, 0.25) is 0 Å². The van der Waals surface area contributed by atoms with E-state index in [-0.39, 0.29) is 5.91 Å². The Balaban J connectivity index is 2.05. The van der Waals surface area contributed by atoms with Gasteiger partial charge in [0.2, 0.25) is 5.91 Å². The van der Waals surface area contributed by atoms with Gasteiger partial charge in [0.25, 0.3) is 0 Å². The number of hydrogen-bond donors (Lipinski definition) is 1. The minimum absolute atomic E-state index is 0.175. The van der Waals surface area contributed by atoms with Crippen LogP contribution in [0.25, 0.3) is 6.08 Å². The van der Waals surface area contributed by atoms with Crippen molar-refractivity contribution in [3.8, 4) is 11.5 Å². The van der Waals surface area contributed by atoms with Crippen molar-refractivity contribution in [3.05, 3.63) is 60.2 Å². The van der Waals surface area contributed by atoms with Crippen LogP contribution in [0.15, 0.2) is 54.6 Å². The summed E-state index contributed by atoms with van der Waals surface area (Å²) in [5, 5.41) is 2.81. The number of benzene rings is 2. The molecule has 126 valence electrons. The van der Waals surface area contributed by atoms with Gasteiger partial charge < -0.3 is 14.8 Å². The molecule has 2 aromatic rings. The van der Waals surface area contributed by atoms with Crippen LogP contribution in [-0.2, 0) is 4.79 Å². The quantitative estimate of drug-likeness (QED) is 0.726. The van der Waals surface area contributed by atoms with Gasteiger partial charge in [-0.1, -0.05) is 31.2 Å². The van der Waals surface area contributed by atoms with E-state index in [1.54, 1.807) is 6.08 Å². The molecule has 24 heavy (non-hydrogen) atoms. The Bertz CT molecular complexity index is 681. The van der Waals surface area contributed by atoms with Crippen LogP contribution in [0.1, 0.15) is 25.8 Å². The minimum Gasteiger partial charge on any atom is -0.490 e. The predicted molar refractivity (Wildman–Crippen MR) is 97.5 cm³/mol. The fraction of sp³-hybridized carbons (Fsp3) is 0.250. The van der Waals surface area contributed by atoms with Crippen LogP contribution in [0, 0.1) is 0 Å². The van der Waals surface area contributed by atoms with Crippen molar-refractivity contribution in [1.82, 2.24) is 0 Å². The molecule has 0 bridgehead atoms. The first-order valence-corrected chi connectivity index (χ1v) is 8.16. The molecule has 0 aromatic heterocycles. The number of hydrogen-bond acceptors (Lipinski definition) is 3. The number of carbonyl (C=O) groups is 1. The van der Waals surface area contributed by atoms with E-state index in [2.05, 4.69) is 12.2 Å². The normalized spacial score (nSPS) is 10.6. The van der Waals surface area contributed by atoms with E-state index in [0.29, 0.717) is 19.0 Å². The zero-order chi connectivity index (χ0) is 17.2. The third kappa shape index (κ3) is 5.47. The second-order valence-corrected chi connectivity index (χ2v) is 5.18. The smallest absolute Gasteiger partial charge is 0.248 e. The summed E-state index contributed by atoms with van der Waals surface area (Å²) in [4.78, 5) is 12.0. The van der Waals surface area contributed by atoms with Gasteiger partial charge in [-0.25, -0.2) is 0 Å². The molecule has 0 heterocycles. The molecule has 4 heteroatoms. The van der Waals surface area contributed by atoms with Gasteiger partial charge in [-0.2, -0.15) is 0 Å². The summed E-state index contributed by atoms with van der Waals surface area (Å²) in [5.74, 6) is 1.24. The van der Waals surface area contributed by atoms with Crippen molar-refractivity contribution < 1.29 is 14.3 Å². The van der Waals surface area contributed by atoms with Crippen LogP contribution < -0.4 is 14.8 Å². The molecule has 1 N–H and O–H groups in total. The van der Waals surface area contributed by atoms with Crippen molar-refractivity contribution in [2.24, 2.45) is 0 Å². The summed E-state index contributed by atoms with van der Waals surface area (Å²) in [7, 11) is 0. The Morgan fingerprint density at radius 2 is 1.83 bits per heavy atom. The lowest BCUT2D eigenvalue weighted by atomic mass is 10.2. The fourth-order valence-corrected chi connectivity index (χ4v) is 2.11. The molecule has 0 atom stereocenters. The highest BCUT2D eigenvalue weighted by Gasteiger charge is 2.05. The zero-order valence-corrected chi connectivity index (χ0v) is 14.1. The van der Waals surface area contributed by atoms with Crippen LogP contribution >= 0.6 is 0 Å². The second kappa shape index (κ2) is 9.40. The second-order valence-electron chi connectivity index (χ2n) is 5.18. The van der Waals surface area contributed by atoms with Gasteiger partial charge in [0.05, 0.1) is 13.2 Å². The largest absolute Gasteiger partial charge is 0.490 e. The number of para-hydroxylation sites is 1. The maximum absolute atomic E-state index is 12.0. The third-order valence-corrected chi connectivity index (χ3v) is 3.20. The van der Waals surface area contributed by atoms with Gasteiger partial charge in [0.1, 0.15) is 0 Å². The lowest BCUT2D eigenvalue weighted by molar-refractivity contribution is -0.111. The number of nitrogens with one attached hydrogen (secondary N) is 1. The van der Waals surface area contributed by atoms with Crippen molar-refractivity contribution in [3.63, 3.8) is 0 Å². The zero-order valence-electron chi connectivity index (χ0n) is 14.1. The molecule has 0 unspecified atom stereocenters. The van der Waals surface area contributed by atoms with Crippen molar-refractivity contribution >= 4 is 17.7 Å². The number of rotatable bonds is 8. The number of anilines is 1. The molecule has 0 aliphatic rings. The van der Waals surface area contributed by atoms with E-state index in [9.17, 15) is 4.79 Å². The number of amides is 1. The van der Waals surface area contributed by atoms with Gasteiger partial charge >= 0.3 is 0 Å². The Hall–Kier alpha value is -2.75. The minimum atomic E-state index is -0.175. The number of ether oxygens (including phenoxy) is 2. The number of carbonyl (C=O) groups excluding carboxylic acids is 1. The highest BCUT2D eigenvalue weighted by molar-refractivity contribution is 6.01. The molecule has 0 aliphatic carbocycles. The highest BCUT2D eigenvalue weighted by Crippen LogP contribution is 2.29. The Morgan fingerprint density at radius 3 is 2.54 bits per heavy atom. The van der Waals surface area contributed by atoms with Gasteiger partial charge in [0.15, 0.2) is 11.5 Å². The van der Waals surface area contributed by atoms with Gasteiger partial charge in [-0.05, 0) is 49.2 Å². The lowest BCUT2D eigenvalue weighted by Crippen LogP contribution is -2.07. The molecular formula is C20H23NO3. The first-order chi connectivity index (χ1) is 11.7. The monoisotopic (exact) mass is 325 g/mol. The SMILES string of the molecule is CCCOc1ccc(/C=C/C(=O)Nc2ccccc2)cc1OCC. The summed E-state index contributed by atoms with van der Waals surface area (Å²) in [6.45, 7) is 5.20. The van der Waals surface area contributed by atoms with E-state index >= 15 is 0 Å². The van der Waals surface area contributed by atoms with Crippen LogP contribution in [-0.4, -0.2) is 19.1 Å². The topological polar surface area (TPSA) is 47.6 Å². The standard InChI is InChI=1S/C20H23NO3/c1-3-14-24-18-12-10-16(15-19(18)23-4-2)11-13-20(22)21-17-8-6-5-7-9-17/h5-13,15H,3-4,14H2,1-2H3,(H,21,22)/b13-11+. The van der Waals surface area contributed by atoms with Crippen molar-refractivity contribution in [2.75, 3.05) is 18.5 Å². The van der Waals surface area contributed by atoms with E-state index in [0.717, 1.165) is 23.4 Å². The Morgan fingerprint density at radius 1 is 1.04 bits per heavy atom. The van der Waals surface area contributed by atoms with E-state index in [1.807, 2.05) is 55.5 Å². The predicted octanol–water partition coefficient (Wildman–Crippen LogP) is 4.53. The average Bonchev–Trinajstić information content (AvgIpc) is 2.60. The molecule has 2 aromatic carbocycles. The first-order valence-electron chi connectivity index (χ1n) is 8.16. The van der Waals surface area contributed by atoms with Crippen LogP contribution in [0.3, 0.4) is 0 Å². The molecule has 1 amide bonds. The molecule has 0 spiro atoms. The van der Waals surface area contributed by atoms with E-state index < -0.39 is 0 Å². The molecular weight excluding hydrogens is 302 g/mol. The Kier molecular flexibility index (Phi) is 6.90. The van der Waals surface area contributed by atoms with Crippen LogP contribution in [0.4, 0.5) is 5.69 Å². The first kappa shape index (κ1) is 17.6. The summed E-state index contributed by atoms with van der Waals surface area (Å²) in [6, 6.07) is 15.0.